The first-order valence-electron chi connectivity index (χ1n) is 2.71. The number of carbonyl (C=O) groups is 1. The molecule has 0 saturated carbocycles. The third kappa shape index (κ3) is 2.44. The van der Waals surface area contributed by atoms with Gasteiger partial charge in [-0.3, -0.25) is 4.79 Å². The number of ketones is 1. The molecule has 6 heteroatoms. The van der Waals surface area contributed by atoms with Crippen molar-refractivity contribution >= 4 is 5.78 Å². The van der Waals surface area contributed by atoms with Gasteiger partial charge >= 0.3 is 17.9 Å². The molecule has 0 aromatic carbocycles. The Morgan fingerprint density at radius 1 is 1.18 bits per heavy atom. The van der Waals surface area contributed by atoms with Crippen molar-refractivity contribution in [2.45, 2.75) is 25.4 Å². The van der Waals surface area contributed by atoms with E-state index in [1.54, 1.807) is 0 Å². The van der Waals surface area contributed by atoms with E-state index in [4.69, 9.17) is 0 Å². The Hall–Kier alpha value is -0.680. The summed E-state index contributed by atoms with van der Waals surface area (Å²) in [6, 6.07) is 0. The number of hydrogen-bond acceptors (Lipinski definition) is 1. The fourth-order valence-electron chi connectivity index (χ4n) is 0.368. The minimum absolute atomic E-state index is 0.809. The van der Waals surface area contributed by atoms with E-state index in [-0.39, 0.29) is 0 Å². The second kappa shape index (κ2) is 2.75. The van der Waals surface area contributed by atoms with Gasteiger partial charge in [-0.1, -0.05) is 6.92 Å². The molecule has 0 unspecified atom stereocenters. The van der Waals surface area contributed by atoms with Crippen molar-refractivity contribution in [3.05, 3.63) is 0 Å². The number of halogens is 5. The van der Waals surface area contributed by atoms with Crippen molar-refractivity contribution < 1.29 is 26.7 Å². The second-order valence-electron chi connectivity index (χ2n) is 1.88. The van der Waals surface area contributed by atoms with E-state index >= 15 is 0 Å². The van der Waals surface area contributed by atoms with Crippen molar-refractivity contribution in [3.8, 4) is 0 Å². The summed E-state index contributed by atoms with van der Waals surface area (Å²) in [5, 5.41) is 0. The maximum atomic E-state index is 12.0. The predicted octanol–water partition coefficient (Wildman–Crippen LogP) is 2.16. The maximum Gasteiger partial charge on any atom is 0.456 e. The lowest BCUT2D eigenvalue weighted by atomic mass is 10.1. The molecule has 0 radical (unpaired) electrons. The molecule has 0 saturated heterocycles. The zero-order valence-corrected chi connectivity index (χ0v) is 5.51. The first-order chi connectivity index (χ1) is 4.72. The topological polar surface area (TPSA) is 17.1 Å². The predicted molar refractivity (Wildman–Crippen MR) is 26.3 cm³/mol. The highest BCUT2D eigenvalue weighted by atomic mass is 19.4. The molecule has 0 bridgehead atoms. The molecule has 11 heavy (non-hydrogen) atoms. The van der Waals surface area contributed by atoms with Crippen LogP contribution in [0.15, 0.2) is 0 Å². The summed E-state index contributed by atoms with van der Waals surface area (Å²) in [6.07, 6.45) is -6.58. The summed E-state index contributed by atoms with van der Waals surface area (Å²) in [6.45, 7) is 0.809. The minimum Gasteiger partial charge on any atom is -0.283 e. The molecule has 0 aliphatic rings. The average molecular weight is 176 g/mol. The SMILES string of the molecule is CCC(F)(F)C(=O)C(F)(F)F. The lowest BCUT2D eigenvalue weighted by Gasteiger charge is -2.13. The maximum absolute atomic E-state index is 12.0. The summed E-state index contributed by atoms with van der Waals surface area (Å²) in [4.78, 5) is 9.84. The standard InChI is InChI=1S/C5H5F5O/c1-2-4(6,7)3(11)5(8,9)10/h2H2,1H3. The van der Waals surface area contributed by atoms with Crippen molar-refractivity contribution in [1.29, 1.82) is 0 Å². The van der Waals surface area contributed by atoms with Gasteiger partial charge in [0.25, 0.3) is 0 Å². The molecule has 0 fully saturated rings. The molecule has 0 aromatic heterocycles. The van der Waals surface area contributed by atoms with Crippen LogP contribution in [0.1, 0.15) is 13.3 Å². The molecule has 0 amide bonds. The molecule has 66 valence electrons. The number of Topliss-reactive ketones (excluding diaryl/α,β-unsaturated/α-hetero) is 1. The Balaban J connectivity index is 4.50. The number of alkyl halides is 5. The van der Waals surface area contributed by atoms with E-state index in [2.05, 4.69) is 0 Å². The van der Waals surface area contributed by atoms with Gasteiger partial charge in [0, 0.05) is 6.42 Å². The molecule has 1 nitrogen and oxygen atoms in total. The van der Waals surface area contributed by atoms with Crippen LogP contribution >= 0.6 is 0 Å². The monoisotopic (exact) mass is 176 g/mol. The zero-order valence-electron chi connectivity index (χ0n) is 5.51. The highest BCUT2D eigenvalue weighted by molar-refractivity contribution is 5.90. The highest BCUT2D eigenvalue weighted by Gasteiger charge is 2.53. The Morgan fingerprint density at radius 2 is 1.55 bits per heavy atom. The molecular weight excluding hydrogens is 171 g/mol. The summed E-state index contributed by atoms with van der Waals surface area (Å²) < 4.78 is 57.9. The third-order valence-corrected chi connectivity index (χ3v) is 1.03. The van der Waals surface area contributed by atoms with Gasteiger partial charge in [-0.05, 0) is 0 Å². The first-order valence-corrected chi connectivity index (χ1v) is 2.71. The van der Waals surface area contributed by atoms with Crippen LogP contribution in [-0.2, 0) is 4.79 Å². The third-order valence-electron chi connectivity index (χ3n) is 1.03. The fourth-order valence-corrected chi connectivity index (χ4v) is 0.368. The van der Waals surface area contributed by atoms with Crippen LogP contribution in [0.3, 0.4) is 0 Å². The van der Waals surface area contributed by atoms with E-state index in [0.29, 0.717) is 0 Å². The van der Waals surface area contributed by atoms with Gasteiger partial charge in [-0.2, -0.15) is 22.0 Å². The molecule has 0 aromatic rings. The van der Waals surface area contributed by atoms with E-state index in [1.165, 1.54) is 0 Å². The molecule has 0 atom stereocenters. The van der Waals surface area contributed by atoms with Gasteiger partial charge < -0.3 is 0 Å². The summed E-state index contributed by atoms with van der Waals surface area (Å²) >= 11 is 0. The molecule has 0 N–H and O–H groups in total. The minimum atomic E-state index is -5.44. The van der Waals surface area contributed by atoms with Crippen LogP contribution in [0.5, 0.6) is 0 Å². The van der Waals surface area contributed by atoms with E-state index < -0.39 is 24.3 Å². The summed E-state index contributed by atoms with van der Waals surface area (Å²) in [5.41, 5.74) is 0. The number of carbonyl (C=O) groups excluding carboxylic acids is 1. The van der Waals surface area contributed by atoms with Crippen LogP contribution in [0.25, 0.3) is 0 Å². The molecular formula is C5H5F5O. The lowest BCUT2D eigenvalue weighted by Crippen LogP contribution is -2.39. The van der Waals surface area contributed by atoms with Crippen molar-refractivity contribution in [2.75, 3.05) is 0 Å². The Labute approximate surface area is 59.2 Å². The molecule has 0 heterocycles. The van der Waals surface area contributed by atoms with E-state index in [9.17, 15) is 26.7 Å². The Kier molecular flexibility index (Phi) is 2.58. The van der Waals surface area contributed by atoms with Gasteiger partial charge in [-0.15, -0.1) is 0 Å². The number of rotatable bonds is 2. The van der Waals surface area contributed by atoms with Gasteiger partial charge in [0.05, 0.1) is 0 Å². The zero-order chi connectivity index (χ0) is 9.28. The lowest BCUT2D eigenvalue weighted by molar-refractivity contribution is -0.195. The fraction of sp³-hybridized carbons (Fsp3) is 0.800. The van der Waals surface area contributed by atoms with E-state index in [0.717, 1.165) is 6.92 Å². The van der Waals surface area contributed by atoms with Crippen LogP contribution in [0, 0.1) is 0 Å². The van der Waals surface area contributed by atoms with E-state index in [1.807, 2.05) is 0 Å². The van der Waals surface area contributed by atoms with Crippen LogP contribution < -0.4 is 0 Å². The van der Waals surface area contributed by atoms with Gasteiger partial charge in [0.1, 0.15) is 0 Å². The van der Waals surface area contributed by atoms with Crippen LogP contribution in [-0.4, -0.2) is 17.9 Å². The second-order valence-corrected chi connectivity index (χ2v) is 1.88. The van der Waals surface area contributed by atoms with Crippen molar-refractivity contribution in [3.63, 3.8) is 0 Å². The quantitative estimate of drug-likeness (QED) is 0.589. The largest absolute Gasteiger partial charge is 0.456 e. The Bertz CT molecular complexity index is 159. The molecule has 0 spiro atoms. The molecule has 0 aliphatic heterocycles. The normalized spacial score (nSPS) is 13.3. The molecule has 0 rings (SSSR count). The summed E-state index contributed by atoms with van der Waals surface area (Å²) in [7, 11) is 0. The van der Waals surface area contributed by atoms with Gasteiger partial charge in [0.2, 0.25) is 0 Å². The van der Waals surface area contributed by atoms with Crippen LogP contribution in [0.2, 0.25) is 0 Å². The van der Waals surface area contributed by atoms with Crippen molar-refractivity contribution in [1.82, 2.24) is 0 Å². The molecule has 0 aliphatic carbocycles. The summed E-state index contributed by atoms with van der Waals surface area (Å²) in [5.74, 6) is -7.26. The van der Waals surface area contributed by atoms with Gasteiger partial charge in [-0.25, -0.2) is 0 Å². The highest BCUT2D eigenvalue weighted by Crippen LogP contribution is 2.29. The average Bonchev–Trinajstić information content (AvgIpc) is 1.84. The smallest absolute Gasteiger partial charge is 0.283 e. The Morgan fingerprint density at radius 3 is 1.64 bits per heavy atom. The van der Waals surface area contributed by atoms with Gasteiger partial charge in [0.15, 0.2) is 0 Å². The van der Waals surface area contributed by atoms with Crippen molar-refractivity contribution in [2.24, 2.45) is 0 Å². The number of hydrogen-bond donors (Lipinski definition) is 0. The first kappa shape index (κ1) is 10.3. The van der Waals surface area contributed by atoms with Crippen LogP contribution in [0.4, 0.5) is 22.0 Å².